The molecule has 0 aliphatic carbocycles. The number of quaternary nitrogens is 2. The Hall–Kier alpha value is -0.560. The number of unbranched alkanes of at least 4 members (excludes halogenated alkanes) is 1. The molecule has 3 N–H and O–H groups in total. The van der Waals surface area contributed by atoms with Gasteiger partial charge in [-0.3, -0.25) is 4.90 Å². The SMILES string of the molecule is CCCCC(C)OCC(O)C[NH+]1CC[NH+](c2ccccc2OC)CC1.[Cl-].[Cl-]. The number of aliphatic hydroxyl groups excluding tert-OH is 1. The molecule has 0 amide bonds. The summed E-state index contributed by atoms with van der Waals surface area (Å²) in [4.78, 5) is 2.94. The van der Waals surface area contributed by atoms with E-state index < -0.39 is 0 Å². The number of nitrogens with one attached hydrogen (secondary N) is 2. The molecular weight excluding hydrogens is 387 g/mol. The second kappa shape index (κ2) is 14.4. The van der Waals surface area contributed by atoms with Gasteiger partial charge < -0.3 is 44.3 Å². The van der Waals surface area contributed by atoms with Crippen molar-refractivity contribution in [1.29, 1.82) is 0 Å². The Morgan fingerprint density at radius 3 is 2.41 bits per heavy atom. The molecule has 1 aromatic carbocycles. The summed E-state index contributed by atoms with van der Waals surface area (Å²) in [7, 11) is 1.73. The molecule has 158 valence electrons. The molecule has 0 radical (unpaired) electrons. The summed E-state index contributed by atoms with van der Waals surface area (Å²) in [5.41, 5.74) is 1.25. The standard InChI is InChI=1S/C20H34N2O3.2ClH/c1-4-5-8-17(2)25-16-18(23)15-21-11-13-22(14-12-21)19-9-6-7-10-20(19)24-3;;/h6-7,9-10,17-18,23H,4-5,8,11-16H2,1-3H3;2*1H. The first-order chi connectivity index (χ1) is 12.1. The summed E-state index contributed by atoms with van der Waals surface area (Å²) in [6.45, 7) is 9.79. The number of benzene rings is 1. The quantitative estimate of drug-likeness (QED) is 0.352. The lowest BCUT2D eigenvalue weighted by Gasteiger charge is -2.31. The third kappa shape index (κ3) is 8.99. The van der Waals surface area contributed by atoms with Gasteiger partial charge in [-0.25, -0.2) is 0 Å². The second-order valence-corrected chi connectivity index (χ2v) is 7.20. The van der Waals surface area contributed by atoms with Crippen LogP contribution in [0.3, 0.4) is 0 Å². The third-order valence-electron chi connectivity index (χ3n) is 5.11. The molecule has 0 spiro atoms. The van der Waals surface area contributed by atoms with Gasteiger partial charge in [-0.2, -0.15) is 0 Å². The van der Waals surface area contributed by atoms with Gasteiger partial charge in [0.25, 0.3) is 0 Å². The highest BCUT2D eigenvalue weighted by Crippen LogP contribution is 2.18. The maximum absolute atomic E-state index is 10.3. The number of rotatable bonds is 10. The number of hydrogen-bond donors (Lipinski definition) is 3. The van der Waals surface area contributed by atoms with Crippen LogP contribution in [0.25, 0.3) is 0 Å². The lowest BCUT2D eigenvalue weighted by atomic mass is 10.2. The minimum atomic E-state index is -0.369. The third-order valence-corrected chi connectivity index (χ3v) is 5.11. The van der Waals surface area contributed by atoms with E-state index in [1.807, 2.05) is 12.1 Å². The Balaban J connectivity index is 0.00000338. The topological polar surface area (TPSA) is 47.6 Å². The summed E-state index contributed by atoms with van der Waals surface area (Å²) in [5, 5.41) is 10.3. The van der Waals surface area contributed by atoms with E-state index in [0.29, 0.717) is 6.61 Å². The zero-order valence-electron chi connectivity index (χ0n) is 16.8. The summed E-state index contributed by atoms with van der Waals surface area (Å²) < 4.78 is 11.3. The van der Waals surface area contributed by atoms with E-state index in [2.05, 4.69) is 26.0 Å². The minimum absolute atomic E-state index is 0. The number of hydrogen-bond acceptors (Lipinski definition) is 3. The van der Waals surface area contributed by atoms with Crippen molar-refractivity contribution in [2.75, 3.05) is 46.4 Å². The highest BCUT2D eigenvalue weighted by molar-refractivity contribution is 5.45. The molecule has 2 atom stereocenters. The van der Waals surface area contributed by atoms with Crippen molar-refractivity contribution in [3.8, 4) is 5.75 Å². The summed E-state index contributed by atoms with van der Waals surface area (Å²) in [6, 6.07) is 8.27. The van der Waals surface area contributed by atoms with E-state index in [1.165, 1.54) is 28.3 Å². The highest BCUT2D eigenvalue weighted by Gasteiger charge is 2.28. The van der Waals surface area contributed by atoms with Crippen LogP contribution in [0.15, 0.2) is 24.3 Å². The monoisotopic (exact) mass is 422 g/mol. The Morgan fingerprint density at radius 1 is 1.11 bits per heavy atom. The zero-order chi connectivity index (χ0) is 18.1. The average molecular weight is 423 g/mol. The molecule has 2 unspecified atom stereocenters. The number of ether oxygens (including phenoxy) is 2. The molecule has 0 saturated carbocycles. The lowest BCUT2D eigenvalue weighted by molar-refractivity contribution is -0.988. The molecule has 1 saturated heterocycles. The molecule has 1 fully saturated rings. The molecule has 0 bridgehead atoms. The Bertz CT molecular complexity index is 500. The van der Waals surface area contributed by atoms with Crippen LogP contribution < -0.4 is 39.4 Å². The molecular formula is C20H36Cl2N2O3. The van der Waals surface area contributed by atoms with E-state index in [4.69, 9.17) is 9.47 Å². The minimum Gasteiger partial charge on any atom is -1.00 e. The first kappa shape index (κ1) is 26.4. The van der Waals surface area contributed by atoms with Gasteiger partial charge in [0.05, 0.1) is 19.8 Å². The van der Waals surface area contributed by atoms with Crippen LogP contribution in [0.2, 0.25) is 0 Å². The predicted octanol–water partition coefficient (Wildman–Crippen LogP) is -5.93. The van der Waals surface area contributed by atoms with Gasteiger partial charge in [0.1, 0.15) is 38.8 Å². The Kier molecular flexibility index (Phi) is 14.1. The van der Waals surface area contributed by atoms with Crippen LogP contribution in [0.4, 0.5) is 5.69 Å². The smallest absolute Gasteiger partial charge is 0.179 e. The van der Waals surface area contributed by atoms with Gasteiger partial charge in [-0.15, -0.1) is 0 Å². The van der Waals surface area contributed by atoms with Crippen molar-refractivity contribution in [3.63, 3.8) is 0 Å². The predicted molar refractivity (Wildman–Crippen MR) is 99.9 cm³/mol. The summed E-state index contributed by atoms with van der Waals surface area (Å²) in [5.74, 6) is 0.968. The van der Waals surface area contributed by atoms with Crippen molar-refractivity contribution in [1.82, 2.24) is 0 Å². The number of halogens is 2. The molecule has 5 nitrogen and oxygen atoms in total. The molecule has 1 aliphatic heterocycles. The number of aliphatic hydroxyl groups is 1. The van der Waals surface area contributed by atoms with E-state index >= 15 is 0 Å². The largest absolute Gasteiger partial charge is 1.00 e. The maximum Gasteiger partial charge on any atom is 0.179 e. The lowest BCUT2D eigenvalue weighted by Crippen LogP contribution is -3.26. The van der Waals surface area contributed by atoms with Gasteiger partial charge in [0.15, 0.2) is 11.4 Å². The molecule has 2 rings (SSSR count). The molecule has 1 aliphatic rings. The molecule has 7 heteroatoms. The fourth-order valence-electron chi connectivity index (χ4n) is 3.56. The van der Waals surface area contributed by atoms with Crippen molar-refractivity contribution in [2.24, 2.45) is 0 Å². The van der Waals surface area contributed by atoms with Gasteiger partial charge in [0.2, 0.25) is 0 Å². The van der Waals surface area contributed by atoms with Crippen LogP contribution in [0.5, 0.6) is 5.75 Å². The van der Waals surface area contributed by atoms with Crippen LogP contribution in [-0.4, -0.2) is 63.8 Å². The first-order valence-electron chi connectivity index (χ1n) is 9.75. The Labute approximate surface area is 176 Å². The van der Waals surface area contributed by atoms with Gasteiger partial charge in [-0.1, -0.05) is 31.9 Å². The van der Waals surface area contributed by atoms with Gasteiger partial charge >= 0.3 is 0 Å². The Morgan fingerprint density at radius 2 is 1.78 bits per heavy atom. The fraction of sp³-hybridized carbons (Fsp3) is 0.700. The van der Waals surface area contributed by atoms with Gasteiger partial charge in [0, 0.05) is 6.07 Å². The molecule has 1 heterocycles. The summed E-state index contributed by atoms with van der Waals surface area (Å²) >= 11 is 0. The van der Waals surface area contributed by atoms with E-state index in [-0.39, 0.29) is 37.0 Å². The highest BCUT2D eigenvalue weighted by atomic mass is 35.5. The second-order valence-electron chi connectivity index (χ2n) is 7.20. The normalized spacial score (nSPS) is 21.5. The number of methoxy groups -OCH3 is 1. The van der Waals surface area contributed by atoms with E-state index in [1.54, 1.807) is 7.11 Å². The molecule has 1 aromatic rings. The van der Waals surface area contributed by atoms with E-state index in [0.717, 1.165) is 44.9 Å². The van der Waals surface area contributed by atoms with E-state index in [9.17, 15) is 5.11 Å². The van der Waals surface area contributed by atoms with Crippen LogP contribution in [0.1, 0.15) is 33.1 Å². The van der Waals surface area contributed by atoms with Crippen LogP contribution >= 0.6 is 0 Å². The maximum atomic E-state index is 10.3. The van der Waals surface area contributed by atoms with Crippen molar-refractivity contribution in [3.05, 3.63) is 24.3 Å². The molecule has 27 heavy (non-hydrogen) atoms. The van der Waals surface area contributed by atoms with Crippen LogP contribution in [0, 0.1) is 0 Å². The number of piperazine rings is 1. The summed E-state index contributed by atoms with van der Waals surface area (Å²) in [6.07, 6.45) is 3.34. The first-order valence-corrected chi connectivity index (χ1v) is 9.75. The van der Waals surface area contributed by atoms with Crippen molar-refractivity contribution in [2.45, 2.75) is 45.3 Å². The number of para-hydroxylation sites is 2. The van der Waals surface area contributed by atoms with Crippen molar-refractivity contribution < 1.29 is 49.2 Å². The zero-order valence-corrected chi connectivity index (χ0v) is 18.4. The fourth-order valence-corrected chi connectivity index (χ4v) is 3.56. The van der Waals surface area contributed by atoms with Gasteiger partial charge in [-0.05, 0) is 19.4 Å². The van der Waals surface area contributed by atoms with Crippen LogP contribution in [-0.2, 0) is 4.74 Å². The molecule has 0 aromatic heterocycles. The van der Waals surface area contributed by atoms with Crippen molar-refractivity contribution >= 4 is 5.69 Å². The average Bonchev–Trinajstić information content (AvgIpc) is 2.65.